The van der Waals surface area contributed by atoms with Crippen LogP contribution in [0.15, 0.2) is 36.0 Å². The lowest BCUT2D eigenvalue weighted by Gasteiger charge is -2.32. The van der Waals surface area contributed by atoms with Crippen LogP contribution in [-0.4, -0.2) is 70.5 Å². The smallest absolute Gasteiger partial charge is 0.309 e. The van der Waals surface area contributed by atoms with E-state index in [9.17, 15) is 24.9 Å². The fourth-order valence-electron chi connectivity index (χ4n) is 5.63. The van der Waals surface area contributed by atoms with Gasteiger partial charge in [-0.15, -0.1) is 0 Å². The maximum absolute atomic E-state index is 12.7. The highest BCUT2D eigenvalue weighted by Crippen LogP contribution is 2.29. The minimum Gasteiger partial charge on any atom is -0.457 e. The molecule has 0 bridgehead atoms. The lowest BCUT2D eigenvalue weighted by Crippen LogP contribution is -2.42. The van der Waals surface area contributed by atoms with Gasteiger partial charge >= 0.3 is 11.9 Å². The molecular formula is C33H56O8. The molecule has 8 nitrogen and oxygen atoms in total. The monoisotopic (exact) mass is 580 g/mol. The Kier molecular flexibility index (Phi) is 16.1. The summed E-state index contributed by atoms with van der Waals surface area (Å²) in [6, 6.07) is 0. The molecule has 0 saturated heterocycles. The first-order valence-corrected chi connectivity index (χ1v) is 15.2. The van der Waals surface area contributed by atoms with Crippen molar-refractivity contribution in [2.24, 2.45) is 23.7 Å². The van der Waals surface area contributed by atoms with Crippen LogP contribution in [0.25, 0.3) is 0 Å². The predicted octanol–water partition coefficient (Wildman–Crippen LogP) is 5.29. The van der Waals surface area contributed by atoms with Gasteiger partial charge in [0.05, 0.1) is 24.7 Å². The molecule has 0 saturated carbocycles. The standard InChI is InChI=1S/C33H56O8/c1-10-26(19-24(6)28(11-2)39-9)31(37)21(3)13-12-14-22(4)32-23(5)15-16-29(40-25(7)34)33(8,38)18-17-27(35)20-30(36)41-32/h12-16,21,23-24,26-29,31-32,35,37-38H,10-11,17-20H2,1-9H3. The van der Waals surface area contributed by atoms with Crippen molar-refractivity contribution < 1.29 is 39.1 Å². The highest BCUT2D eigenvalue weighted by molar-refractivity contribution is 5.70. The maximum atomic E-state index is 12.7. The topological polar surface area (TPSA) is 123 Å². The molecule has 41 heavy (non-hydrogen) atoms. The number of allylic oxidation sites excluding steroid dienone is 2. The molecule has 1 rings (SSSR count). The Balaban J connectivity index is 3.13. The van der Waals surface area contributed by atoms with Crippen LogP contribution in [0.5, 0.6) is 0 Å². The number of ether oxygens (including phenoxy) is 3. The van der Waals surface area contributed by atoms with Crippen molar-refractivity contribution in [3.8, 4) is 0 Å². The van der Waals surface area contributed by atoms with E-state index in [0.29, 0.717) is 5.92 Å². The fourth-order valence-corrected chi connectivity index (χ4v) is 5.63. The van der Waals surface area contributed by atoms with Crippen molar-refractivity contribution in [1.82, 2.24) is 0 Å². The molecule has 1 aliphatic rings. The van der Waals surface area contributed by atoms with Gasteiger partial charge in [-0.3, -0.25) is 9.59 Å². The van der Waals surface area contributed by atoms with Crippen molar-refractivity contribution in [1.29, 1.82) is 0 Å². The van der Waals surface area contributed by atoms with E-state index < -0.39 is 42.0 Å². The van der Waals surface area contributed by atoms with Gasteiger partial charge in [-0.1, -0.05) is 65.3 Å². The number of hydrogen-bond acceptors (Lipinski definition) is 8. The highest BCUT2D eigenvalue weighted by Gasteiger charge is 2.35. The third-order valence-corrected chi connectivity index (χ3v) is 8.40. The SMILES string of the molecule is CCC(CC(C)C(CC)OC)C(O)C(C)C=CC=C(C)C1OC(=O)CC(O)CCC(C)(O)C(OC(C)=O)C=CC1C. The fraction of sp³-hybridized carbons (Fsp3) is 0.758. The van der Waals surface area contributed by atoms with Gasteiger partial charge in [0.2, 0.25) is 0 Å². The van der Waals surface area contributed by atoms with E-state index in [1.807, 2.05) is 39.0 Å². The van der Waals surface area contributed by atoms with E-state index in [1.54, 1.807) is 26.2 Å². The van der Waals surface area contributed by atoms with Crippen LogP contribution >= 0.6 is 0 Å². The molecule has 0 aromatic heterocycles. The molecule has 0 radical (unpaired) electrons. The predicted molar refractivity (Wildman–Crippen MR) is 161 cm³/mol. The average Bonchev–Trinajstić information content (AvgIpc) is 2.90. The summed E-state index contributed by atoms with van der Waals surface area (Å²) < 4.78 is 16.8. The lowest BCUT2D eigenvalue weighted by atomic mass is 9.81. The van der Waals surface area contributed by atoms with Gasteiger partial charge in [-0.05, 0) is 63.0 Å². The first kappa shape index (κ1) is 37.0. The molecule has 0 spiro atoms. The minimum atomic E-state index is -1.42. The number of aliphatic hydroxyl groups is 3. The van der Waals surface area contributed by atoms with E-state index >= 15 is 0 Å². The van der Waals surface area contributed by atoms with Crippen molar-refractivity contribution in [2.75, 3.05) is 7.11 Å². The van der Waals surface area contributed by atoms with Gasteiger partial charge < -0.3 is 29.5 Å². The molecule has 0 amide bonds. The van der Waals surface area contributed by atoms with Crippen LogP contribution in [-0.2, 0) is 23.8 Å². The maximum Gasteiger partial charge on any atom is 0.309 e. The van der Waals surface area contributed by atoms with E-state index in [-0.39, 0.29) is 43.1 Å². The Hall–Kier alpha value is -2.00. The second-order valence-corrected chi connectivity index (χ2v) is 12.1. The Morgan fingerprint density at radius 2 is 1.88 bits per heavy atom. The quantitative estimate of drug-likeness (QED) is 0.162. The third kappa shape index (κ3) is 12.4. The van der Waals surface area contributed by atoms with Crippen LogP contribution in [0, 0.1) is 23.7 Å². The van der Waals surface area contributed by atoms with Crippen LogP contribution in [0.1, 0.15) is 93.9 Å². The highest BCUT2D eigenvalue weighted by atomic mass is 16.6. The number of cyclic esters (lactones) is 1. The molecule has 10 unspecified atom stereocenters. The van der Waals surface area contributed by atoms with Crippen molar-refractivity contribution in [3.05, 3.63) is 36.0 Å². The first-order valence-electron chi connectivity index (χ1n) is 15.2. The second-order valence-electron chi connectivity index (χ2n) is 12.1. The molecule has 0 aromatic rings. The second kappa shape index (κ2) is 17.8. The summed E-state index contributed by atoms with van der Waals surface area (Å²) >= 11 is 0. The van der Waals surface area contributed by atoms with E-state index in [4.69, 9.17) is 14.2 Å². The normalized spacial score (nSPS) is 30.4. The first-order chi connectivity index (χ1) is 19.2. The summed E-state index contributed by atoms with van der Waals surface area (Å²) in [4.78, 5) is 24.4. The number of aliphatic hydroxyl groups excluding tert-OH is 2. The van der Waals surface area contributed by atoms with Gasteiger partial charge in [0.25, 0.3) is 0 Å². The Morgan fingerprint density at radius 1 is 1.22 bits per heavy atom. The number of methoxy groups -OCH3 is 1. The summed E-state index contributed by atoms with van der Waals surface area (Å²) in [6.45, 7) is 15.0. The molecule has 1 heterocycles. The number of carbonyl (C=O) groups is 2. The van der Waals surface area contributed by atoms with E-state index in [0.717, 1.165) is 24.8 Å². The van der Waals surface area contributed by atoms with Crippen LogP contribution in [0.2, 0.25) is 0 Å². The van der Waals surface area contributed by atoms with Crippen LogP contribution < -0.4 is 0 Å². The molecule has 10 atom stereocenters. The minimum absolute atomic E-state index is 0.0862. The number of rotatable bonds is 12. The summed E-state index contributed by atoms with van der Waals surface area (Å²) in [5.74, 6) is -0.959. The molecule has 0 fully saturated rings. The Bertz CT molecular complexity index is 888. The van der Waals surface area contributed by atoms with Crippen LogP contribution in [0.3, 0.4) is 0 Å². The van der Waals surface area contributed by atoms with E-state index in [1.165, 1.54) is 6.92 Å². The molecule has 8 heteroatoms. The summed E-state index contributed by atoms with van der Waals surface area (Å²) in [5, 5.41) is 32.5. The van der Waals surface area contributed by atoms with Gasteiger partial charge in [-0.2, -0.15) is 0 Å². The summed E-state index contributed by atoms with van der Waals surface area (Å²) in [5.41, 5.74) is -0.636. The molecule has 0 aromatic carbocycles. The molecule has 3 N–H and O–H groups in total. The zero-order chi connectivity index (χ0) is 31.3. The number of esters is 2. The molecule has 0 aliphatic carbocycles. The van der Waals surface area contributed by atoms with Gasteiger partial charge in [0.1, 0.15) is 17.8 Å². The van der Waals surface area contributed by atoms with Crippen molar-refractivity contribution in [3.63, 3.8) is 0 Å². The van der Waals surface area contributed by atoms with E-state index in [2.05, 4.69) is 20.8 Å². The number of carbonyl (C=O) groups excluding carboxylic acids is 2. The number of hydrogen-bond donors (Lipinski definition) is 3. The Morgan fingerprint density at radius 3 is 2.44 bits per heavy atom. The third-order valence-electron chi connectivity index (χ3n) is 8.40. The Labute approximate surface area is 247 Å². The molecular weight excluding hydrogens is 524 g/mol. The zero-order valence-corrected chi connectivity index (χ0v) is 26.7. The molecule has 236 valence electrons. The van der Waals surface area contributed by atoms with Gasteiger partial charge in [0, 0.05) is 25.9 Å². The van der Waals surface area contributed by atoms with Gasteiger partial charge in [-0.25, -0.2) is 0 Å². The lowest BCUT2D eigenvalue weighted by molar-refractivity contribution is -0.157. The van der Waals surface area contributed by atoms with Crippen molar-refractivity contribution in [2.45, 2.75) is 130 Å². The zero-order valence-electron chi connectivity index (χ0n) is 26.7. The summed E-state index contributed by atoms with van der Waals surface area (Å²) in [6.07, 6.45) is 9.01. The average molecular weight is 581 g/mol. The van der Waals surface area contributed by atoms with Gasteiger partial charge in [0.15, 0.2) is 0 Å². The van der Waals surface area contributed by atoms with Crippen LogP contribution in [0.4, 0.5) is 0 Å². The molecule has 1 aliphatic heterocycles. The largest absolute Gasteiger partial charge is 0.457 e. The summed E-state index contributed by atoms with van der Waals surface area (Å²) in [7, 11) is 1.74. The van der Waals surface area contributed by atoms with Crippen molar-refractivity contribution >= 4 is 11.9 Å².